The van der Waals surface area contributed by atoms with Crippen LogP contribution in [-0.2, 0) is 4.74 Å². The first-order valence-corrected chi connectivity index (χ1v) is 6.25. The smallest absolute Gasteiger partial charge is 0.422 e. The molecule has 8 heteroatoms. The van der Waals surface area contributed by atoms with Gasteiger partial charge < -0.3 is 19.5 Å². The third-order valence-corrected chi connectivity index (χ3v) is 2.77. The molecule has 1 amide bonds. The average Bonchev–Trinajstić information content (AvgIpc) is 2.44. The number of carbonyl (C=O) groups is 1. The maximum Gasteiger partial charge on any atom is 0.422 e. The second kappa shape index (κ2) is 6.11. The van der Waals surface area contributed by atoms with E-state index >= 15 is 0 Å². The highest BCUT2D eigenvalue weighted by molar-refractivity contribution is 5.68. The summed E-state index contributed by atoms with van der Waals surface area (Å²) in [7, 11) is 0. The van der Waals surface area contributed by atoms with Crippen LogP contribution in [0.5, 0.6) is 11.5 Å². The fourth-order valence-corrected chi connectivity index (χ4v) is 1.78. The number of benzene rings is 1. The molecule has 1 aliphatic rings. The molecule has 1 aromatic carbocycles. The van der Waals surface area contributed by atoms with Crippen LogP contribution in [0.15, 0.2) is 18.2 Å². The standard InChI is InChI=1S/C13H14F3NO4/c1-8(17-12(18)21-7-13(14,15)16)9-2-3-10-11(6-9)20-5-4-19-10/h2-3,6,8H,4-5,7H2,1H3,(H,17,18). The van der Waals surface area contributed by atoms with E-state index in [0.29, 0.717) is 30.3 Å². The molecule has 0 saturated heterocycles. The van der Waals surface area contributed by atoms with E-state index in [4.69, 9.17) is 9.47 Å². The molecule has 0 aromatic heterocycles. The van der Waals surface area contributed by atoms with E-state index in [1.807, 2.05) is 0 Å². The van der Waals surface area contributed by atoms with Crippen molar-refractivity contribution in [2.45, 2.75) is 19.1 Å². The zero-order valence-electron chi connectivity index (χ0n) is 11.2. The zero-order chi connectivity index (χ0) is 15.5. The van der Waals surface area contributed by atoms with Gasteiger partial charge in [-0.3, -0.25) is 0 Å². The van der Waals surface area contributed by atoms with E-state index < -0.39 is 24.9 Å². The number of amides is 1. The number of rotatable bonds is 3. The number of alkyl halides is 3. The van der Waals surface area contributed by atoms with Crippen LogP contribution in [0.2, 0.25) is 0 Å². The fourth-order valence-electron chi connectivity index (χ4n) is 1.78. The Morgan fingerprint density at radius 3 is 2.67 bits per heavy atom. The Labute approximate surface area is 119 Å². The lowest BCUT2D eigenvalue weighted by Crippen LogP contribution is -2.31. The minimum absolute atomic E-state index is 0.423. The van der Waals surface area contributed by atoms with Crippen molar-refractivity contribution in [2.24, 2.45) is 0 Å². The van der Waals surface area contributed by atoms with Crippen LogP contribution in [0, 0.1) is 0 Å². The van der Waals surface area contributed by atoms with Gasteiger partial charge in [0.25, 0.3) is 0 Å². The number of alkyl carbamates (subject to hydrolysis) is 1. The fraction of sp³-hybridized carbons (Fsp3) is 0.462. The van der Waals surface area contributed by atoms with Crippen molar-refractivity contribution in [1.29, 1.82) is 0 Å². The molecular formula is C13H14F3NO4. The molecule has 1 unspecified atom stereocenters. The molecule has 0 bridgehead atoms. The Kier molecular flexibility index (Phi) is 4.44. The summed E-state index contributed by atoms with van der Waals surface area (Å²) in [6.45, 7) is 0.892. The molecule has 0 radical (unpaired) electrons. The number of carbonyl (C=O) groups excluding carboxylic acids is 1. The summed E-state index contributed by atoms with van der Waals surface area (Å²) < 4.78 is 50.6. The van der Waals surface area contributed by atoms with Gasteiger partial charge in [0.05, 0.1) is 6.04 Å². The lowest BCUT2D eigenvalue weighted by atomic mass is 10.1. The van der Waals surface area contributed by atoms with Crippen molar-refractivity contribution in [3.63, 3.8) is 0 Å². The van der Waals surface area contributed by atoms with Crippen molar-refractivity contribution in [3.05, 3.63) is 23.8 Å². The Balaban J connectivity index is 1.94. The third-order valence-electron chi connectivity index (χ3n) is 2.77. The van der Waals surface area contributed by atoms with Crippen LogP contribution < -0.4 is 14.8 Å². The number of fused-ring (bicyclic) bond motifs is 1. The maximum absolute atomic E-state index is 11.9. The Hall–Kier alpha value is -2.12. The summed E-state index contributed by atoms with van der Waals surface area (Å²) in [4.78, 5) is 11.3. The van der Waals surface area contributed by atoms with Gasteiger partial charge in [-0.2, -0.15) is 13.2 Å². The first-order valence-electron chi connectivity index (χ1n) is 6.25. The lowest BCUT2D eigenvalue weighted by Gasteiger charge is -2.21. The van der Waals surface area contributed by atoms with Gasteiger partial charge in [0.15, 0.2) is 18.1 Å². The molecule has 21 heavy (non-hydrogen) atoms. The molecule has 5 nitrogen and oxygen atoms in total. The molecule has 116 valence electrons. The van der Waals surface area contributed by atoms with Gasteiger partial charge in [-0.15, -0.1) is 0 Å². The van der Waals surface area contributed by atoms with Crippen molar-refractivity contribution < 1.29 is 32.2 Å². The molecule has 1 heterocycles. The molecule has 1 atom stereocenters. The van der Waals surface area contributed by atoms with E-state index in [9.17, 15) is 18.0 Å². The molecule has 1 aliphatic heterocycles. The van der Waals surface area contributed by atoms with Gasteiger partial charge in [0.2, 0.25) is 0 Å². The average molecular weight is 305 g/mol. The Morgan fingerprint density at radius 1 is 1.33 bits per heavy atom. The highest BCUT2D eigenvalue weighted by Gasteiger charge is 2.29. The van der Waals surface area contributed by atoms with Crippen molar-refractivity contribution >= 4 is 6.09 Å². The number of hydrogen-bond acceptors (Lipinski definition) is 4. The molecule has 0 spiro atoms. The molecule has 1 aromatic rings. The first kappa shape index (κ1) is 15.3. The molecular weight excluding hydrogens is 291 g/mol. The topological polar surface area (TPSA) is 56.8 Å². The number of nitrogens with one attached hydrogen (secondary N) is 1. The van der Waals surface area contributed by atoms with Crippen LogP contribution in [0.1, 0.15) is 18.5 Å². The predicted octanol–water partition coefficient (Wildman–Crippen LogP) is 2.81. The van der Waals surface area contributed by atoms with Gasteiger partial charge in [0.1, 0.15) is 13.2 Å². The van der Waals surface area contributed by atoms with E-state index in [-0.39, 0.29) is 0 Å². The summed E-state index contributed by atoms with van der Waals surface area (Å²) >= 11 is 0. The molecule has 0 aliphatic carbocycles. The van der Waals surface area contributed by atoms with E-state index in [0.717, 1.165) is 0 Å². The van der Waals surface area contributed by atoms with E-state index in [1.54, 1.807) is 25.1 Å². The quantitative estimate of drug-likeness (QED) is 0.933. The highest BCUT2D eigenvalue weighted by Crippen LogP contribution is 2.32. The van der Waals surface area contributed by atoms with Crippen LogP contribution in [-0.4, -0.2) is 32.1 Å². The lowest BCUT2D eigenvalue weighted by molar-refractivity contribution is -0.160. The van der Waals surface area contributed by atoms with Crippen LogP contribution >= 0.6 is 0 Å². The Morgan fingerprint density at radius 2 is 2.00 bits per heavy atom. The van der Waals surface area contributed by atoms with Gasteiger partial charge in [-0.25, -0.2) is 4.79 Å². The summed E-state index contributed by atoms with van der Waals surface area (Å²) in [6.07, 6.45) is -5.67. The number of hydrogen-bond donors (Lipinski definition) is 1. The second-order valence-corrected chi connectivity index (χ2v) is 4.46. The highest BCUT2D eigenvalue weighted by atomic mass is 19.4. The molecule has 0 fully saturated rings. The normalized spacial score (nSPS) is 15.2. The summed E-state index contributed by atoms with van der Waals surface area (Å²) in [5.41, 5.74) is 0.670. The van der Waals surface area contributed by atoms with Crippen LogP contribution in [0.25, 0.3) is 0 Å². The van der Waals surface area contributed by atoms with E-state index in [1.165, 1.54) is 0 Å². The third kappa shape index (κ3) is 4.44. The number of ether oxygens (including phenoxy) is 3. The first-order chi connectivity index (χ1) is 9.85. The minimum Gasteiger partial charge on any atom is -0.486 e. The predicted molar refractivity (Wildman–Crippen MR) is 66.4 cm³/mol. The summed E-state index contributed by atoms with van der Waals surface area (Å²) in [5, 5.41) is 2.32. The van der Waals surface area contributed by atoms with Gasteiger partial charge in [-0.05, 0) is 24.6 Å². The largest absolute Gasteiger partial charge is 0.486 e. The summed E-state index contributed by atoms with van der Waals surface area (Å²) in [5.74, 6) is 1.13. The monoisotopic (exact) mass is 305 g/mol. The van der Waals surface area contributed by atoms with Gasteiger partial charge in [-0.1, -0.05) is 6.07 Å². The number of halogens is 3. The molecule has 2 rings (SSSR count). The Bertz CT molecular complexity index is 519. The molecule has 1 N–H and O–H groups in total. The van der Waals surface area contributed by atoms with Crippen molar-refractivity contribution in [1.82, 2.24) is 5.32 Å². The van der Waals surface area contributed by atoms with Crippen molar-refractivity contribution in [2.75, 3.05) is 19.8 Å². The van der Waals surface area contributed by atoms with Crippen LogP contribution in [0.4, 0.5) is 18.0 Å². The van der Waals surface area contributed by atoms with Crippen molar-refractivity contribution in [3.8, 4) is 11.5 Å². The van der Waals surface area contributed by atoms with E-state index in [2.05, 4.69) is 10.1 Å². The summed E-state index contributed by atoms with van der Waals surface area (Å²) in [6, 6.07) is 4.52. The minimum atomic E-state index is -4.54. The SMILES string of the molecule is CC(NC(=O)OCC(F)(F)F)c1ccc2c(c1)OCCO2. The maximum atomic E-state index is 11.9. The van der Waals surface area contributed by atoms with Gasteiger partial charge in [0, 0.05) is 0 Å². The van der Waals surface area contributed by atoms with Gasteiger partial charge >= 0.3 is 12.3 Å². The van der Waals surface area contributed by atoms with Crippen LogP contribution in [0.3, 0.4) is 0 Å². The zero-order valence-corrected chi connectivity index (χ0v) is 11.2. The molecule has 0 saturated carbocycles. The second-order valence-electron chi connectivity index (χ2n) is 4.46.